The van der Waals surface area contributed by atoms with E-state index >= 15 is 0 Å². The van der Waals surface area contributed by atoms with Crippen LogP contribution in [0.2, 0.25) is 0 Å². The first-order valence-corrected chi connectivity index (χ1v) is 14.8. The Morgan fingerprint density at radius 2 is 1.71 bits per heavy atom. The van der Waals surface area contributed by atoms with E-state index in [1.807, 2.05) is 60.7 Å². The van der Waals surface area contributed by atoms with Gasteiger partial charge in [-0.2, -0.15) is 0 Å². The van der Waals surface area contributed by atoms with Crippen molar-refractivity contribution in [2.45, 2.75) is 45.1 Å². The highest BCUT2D eigenvalue weighted by Crippen LogP contribution is 2.43. The van der Waals surface area contributed by atoms with Crippen LogP contribution >= 0.6 is 11.3 Å². The Labute approximate surface area is 243 Å². The lowest BCUT2D eigenvalue weighted by Gasteiger charge is -2.38. The molecule has 6 nitrogen and oxygen atoms in total. The molecule has 1 aromatic heterocycles. The average molecular weight is 566 g/mol. The number of thiophene rings is 1. The van der Waals surface area contributed by atoms with Crippen LogP contribution in [0.3, 0.4) is 0 Å². The van der Waals surface area contributed by atoms with Gasteiger partial charge in [-0.25, -0.2) is 9.59 Å². The third-order valence-electron chi connectivity index (χ3n) is 7.99. The summed E-state index contributed by atoms with van der Waals surface area (Å²) in [5.41, 5.74) is 3.73. The lowest BCUT2D eigenvalue weighted by atomic mass is 9.78. The number of nitrogens with one attached hydrogen (secondary N) is 1. The zero-order valence-corrected chi connectivity index (χ0v) is 23.9. The predicted molar refractivity (Wildman–Crippen MR) is 159 cm³/mol. The molecule has 2 aliphatic rings. The third kappa shape index (κ3) is 4.95. The van der Waals surface area contributed by atoms with Crippen LogP contribution in [-0.4, -0.2) is 24.5 Å². The highest BCUT2D eigenvalue weighted by molar-refractivity contribution is 7.17. The van der Waals surface area contributed by atoms with Gasteiger partial charge in [0.25, 0.3) is 5.91 Å². The second-order valence-corrected chi connectivity index (χ2v) is 11.8. The molecule has 7 heteroatoms. The van der Waals surface area contributed by atoms with Crippen LogP contribution in [0, 0.1) is 5.92 Å². The van der Waals surface area contributed by atoms with Gasteiger partial charge in [0.1, 0.15) is 5.00 Å². The Bertz CT molecular complexity index is 1590. The predicted octanol–water partition coefficient (Wildman–Crippen LogP) is 6.96. The van der Waals surface area contributed by atoms with E-state index in [0.717, 1.165) is 46.4 Å². The molecule has 0 saturated carbocycles. The Hall–Kier alpha value is -4.23. The van der Waals surface area contributed by atoms with E-state index in [-0.39, 0.29) is 12.5 Å². The first-order valence-electron chi connectivity index (χ1n) is 14.0. The van der Waals surface area contributed by atoms with Gasteiger partial charge in [-0.1, -0.05) is 67.6 Å². The van der Waals surface area contributed by atoms with Gasteiger partial charge in [-0.3, -0.25) is 4.79 Å². The smallest absolute Gasteiger partial charge is 0.341 e. The van der Waals surface area contributed by atoms with Crippen molar-refractivity contribution in [3.63, 3.8) is 0 Å². The van der Waals surface area contributed by atoms with Crippen LogP contribution in [0.5, 0.6) is 0 Å². The van der Waals surface area contributed by atoms with Crippen molar-refractivity contribution in [2.24, 2.45) is 5.92 Å². The Morgan fingerprint density at radius 3 is 2.37 bits per heavy atom. The van der Waals surface area contributed by atoms with Gasteiger partial charge in [0, 0.05) is 28.0 Å². The number of anilines is 1. The summed E-state index contributed by atoms with van der Waals surface area (Å²) in [7, 11) is 0. The van der Waals surface area contributed by atoms with Crippen molar-refractivity contribution in [3.05, 3.63) is 123 Å². The average Bonchev–Trinajstić information content (AvgIpc) is 3.34. The molecule has 2 heterocycles. The van der Waals surface area contributed by atoms with Crippen molar-refractivity contribution < 1.29 is 23.9 Å². The lowest BCUT2D eigenvalue weighted by molar-refractivity contribution is -0.00754. The van der Waals surface area contributed by atoms with Gasteiger partial charge in [-0.05, 0) is 61.4 Å². The third-order valence-corrected chi connectivity index (χ3v) is 9.16. The lowest BCUT2D eigenvalue weighted by Crippen LogP contribution is -2.40. The normalized spacial score (nSPS) is 17.1. The van der Waals surface area contributed by atoms with Crippen molar-refractivity contribution in [1.29, 1.82) is 0 Å². The topological polar surface area (TPSA) is 81.7 Å². The van der Waals surface area contributed by atoms with Crippen molar-refractivity contribution >= 4 is 34.2 Å². The molecule has 1 atom stereocenters. The molecule has 4 aromatic rings. The molecule has 1 N–H and O–H groups in total. The van der Waals surface area contributed by atoms with E-state index in [1.54, 1.807) is 25.1 Å². The minimum Gasteiger partial charge on any atom is -0.462 e. The fourth-order valence-corrected chi connectivity index (χ4v) is 7.33. The van der Waals surface area contributed by atoms with Gasteiger partial charge in [0.15, 0.2) is 5.60 Å². The highest BCUT2D eigenvalue weighted by atomic mass is 32.1. The van der Waals surface area contributed by atoms with Gasteiger partial charge in [0.2, 0.25) is 0 Å². The minimum atomic E-state index is -1.03. The standard InChI is InChI=1S/C34H31NO5S/c1-3-39-33(38)29-27-16-14-21(2)18-28(27)41-31(29)35-30(36)22-15-17-26-23(19-22)20-34(40-32(26)37,24-10-6-4-7-11-24)25-12-8-5-9-13-25/h4-13,15,17,19,21H,3,14,16,18,20H2,1-2H3,(H,35,36). The maximum absolute atomic E-state index is 13.6. The van der Waals surface area contributed by atoms with E-state index < -0.39 is 17.5 Å². The first-order chi connectivity index (χ1) is 19.9. The molecule has 6 rings (SSSR count). The van der Waals surface area contributed by atoms with E-state index in [9.17, 15) is 14.4 Å². The number of carbonyl (C=O) groups is 3. The number of esters is 2. The number of cyclic esters (lactones) is 1. The first kappa shape index (κ1) is 27.0. The van der Waals surface area contributed by atoms with Crippen molar-refractivity contribution in [3.8, 4) is 0 Å². The quantitative estimate of drug-likeness (QED) is 0.256. The van der Waals surface area contributed by atoms with Crippen LogP contribution < -0.4 is 5.32 Å². The summed E-state index contributed by atoms with van der Waals surface area (Å²) in [5.74, 6) is -0.655. The zero-order chi connectivity index (χ0) is 28.6. The summed E-state index contributed by atoms with van der Waals surface area (Å²) >= 11 is 1.46. The van der Waals surface area contributed by atoms with Crippen LogP contribution in [0.15, 0.2) is 78.9 Å². The molecule has 0 radical (unpaired) electrons. The van der Waals surface area contributed by atoms with E-state index in [2.05, 4.69) is 12.2 Å². The molecule has 1 aliphatic heterocycles. The van der Waals surface area contributed by atoms with Crippen LogP contribution in [-0.2, 0) is 34.3 Å². The molecule has 1 aliphatic carbocycles. The minimum absolute atomic E-state index is 0.263. The molecule has 0 bridgehead atoms. The molecule has 3 aromatic carbocycles. The van der Waals surface area contributed by atoms with Crippen LogP contribution in [0.1, 0.15) is 78.5 Å². The summed E-state index contributed by atoms with van der Waals surface area (Å²) in [4.78, 5) is 41.1. The highest BCUT2D eigenvalue weighted by Gasteiger charge is 2.43. The number of rotatable bonds is 6. The Kier molecular flexibility index (Phi) is 7.22. The van der Waals surface area contributed by atoms with E-state index in [4.69, 9.17) is 9.47 Å². The maximum Gasteiger partial charge on any atom is 0.341 e. The largest absolute Gasteiger partial charge is 0.462 e. The summed E-state index contributed by atoms with van der Waals surface area (Å²) in [6.45, 7) is 4.24. The summed E-state index contributed by atoms with van der Waals surface area (Å²) < 4.78 is 11.6. The fraction of sp³-hybridized carbons (Fsp3) is 0.265. The van der Waals surface area contributed by atoms with Crippen molar-refractivity contribution in [1.82, 2.24) is 0 Å². The Morgan fingerprint density at radius 1 is 1.02 bits per heavy atom. The number of ether oxygens (including phenoxy) is 2. The van der Waals surface area contributed by atoms with Gasteiger partial charge in [-0.15, -0.1) is 11.3 Å². The summed E-state index contributed by atoms with van der Waals surface area (Å²) in [5, 5.41) is 3.52. The van der Waals surface area contributed by atoms with Gasteiger partial charge in [0.05, 0.1) is 17.7 Å². The molecule has 208 valence electrons. The monoisotopic (exact) mass is 565 g/mol. The second kappa shape index (κ2) is 11.0. The molecular weight excluding hydrogens is 534 g/mol. The molecule has 1 amide bonds. The molecular formula is C34H31NO5S. The summed E-state index contributed by atoms with van der Waals surface area (Å²) in [6, 6.07) is 24.4. The zero-order valence-electron chi connectivity index (χ0n) is 23.1. The molecule has 1 unspecified atom stereocenters. The molecule has 0 saturated heterocycles. The SMILES string of the molecule is CCOC(=O)c1c(NC(=O)c2ccc3c(c2)CC(c2ccccc2)(c2ccccc2)OC3=O)sc2c1CCC(C)C2. The number of benzene rings is 3. The number of carbonyl (C=O) groups excluding carboxylic acids is 3. The van der Waals surface area contributed by atoms with Gasteiger partial charge >= 0.3 is 11.9 Å². The number of fused-ring (bicyclic) bond motifs is 2. The molecule has 0 fully saturated rings. The number of hydrogen-bond acceptors (Lipinski definition) is 6. The van der Waals surface area contributed by atoms with Crippen LogP contribution in [0.4, 0.5) is 5.00 Å². The number of hydrogen-bond donors (Lipinski definition) is 1. The van der Waals surface area contributed by atoms with E-state index in [0.29, 0.717) is 34.0 Å². The van der Waals surface area contributed by atoms with Crippen LogP contribution in [0.25, 0.3) is 0 Å². The molecule has 0 spiro atoms. The summed E-state index contributed by atoms with van der Waals surface area (Å²) in [6.07, 6.45) is 3.04. The second-order valence-electron chi connectivity index (χ2n) is 10.7. The Balaban J connectivity index is 1.36. The maximum atomic E-state index is 13.6. The number of amides is 1. The fourth-order valence-electron chi connectivity index (χ4n) is 5.93. The van der Waals surface area contributed by atoms with Gasteiger partial charge < -0.3 is 14.8 Å². The van der Waals surface area contributed by atoms with E-state index in [1.165, 1.54) is 11.3 Å². The molecule has 41 heavy (non-hydrogen) atoms. The van der Waals surface area contributed by atoms with Crippen molar-refractivity contribution in [2.75, 3.05) is 11.9 Å².